The van der Waals surface area contributed by atoms with Gasteiger partial charge in [-0.1, -0.05) is 6.08 Å². The maximum absolute atomic E-state index is 13.0. The van der Waals surface area contributed by atoms with Crippen LogP contribution in [0.25, 0.3) is 5.57 Å². The molecule has 11 heteroatoms. The molecule has 0 fully saturated rings. The molecule has 2 rings (SSSR count). The van der Waals surface area contributed by atoms with Crippen LogP contribution in [-0.2, 0) is 24.6 Å². The highest BCUT2D eigenvalue weighted by molar-refractivity contribution is 6.13. The minimum absolute atomic E-state index is 0.150. The van der Waals surface area contributed by atoms with E-state index in [4.69, 9.17) is 4.42 Å². The molecular formula is C25H29F3N2O6. The quantitative estimate of drug-likeness (QED) is 0.263. The molecule has 0 saturated carbocycles. The lowest BCUT2D eigenvalue weighted by Crippen LogP contribution is -2.17. The van der Waals surface area contributed by atoms with E-state index in [9.17, 15) is 32.7 Å². The Balaban J connectivity index is 2.15. The van der Waals surface area contributed by atoms with Crippen molar-refractivity contribution in [2.45, 2.75) is 52.1 Å². The van der Waals surface area contributed by atoms with Crippen LogP contribution in [0, 0.1) is 0 Å². The minimum atomic E-state index is -4.27. The van der Waals surface area contributed by atoms with Gasteiger partial charge in [-0.2, -0.15) is 13.2 Å². The van der Waals surface area contributed by atoms with Crippen LogP contribution in [-0.4, -0.2) is 34.8 Å². The summed E-state index contributed by atoms with van der Waals surface area (Å²) < 4.78 is 48.9. The molecule has 36 heavy (non-hydrogen) atoms. The van der Waals surface area contributed by atoms with Gasteiger partial charge in [-0.05, 0) is 50.3 Å². The van der Waals surface area contributed by atoms with Gasteiger partial charge in [0.2, 0.25) is 0 Å². The lowest BCUT2D eigenvalue weighted by Gasteiger charge is -2.10. The zero-order valence-electron chi connectivity index (χ0n) is 20.5. The zero-order chi connectivity index (χ0) is 27.0. The van der Waals surface area contributed by atoms with Crippen LogP contribution < -0.4 is 10.9 Å². The summed E-state index contributed by atoms with van der Waals surface area (Å²) in [5, 5.41) is 12.8. The molecule has 0 aliphatic heterocycles. The number of alkyl carbamates (subject to hydrolysis) is 1. The second kappa shape index (κ2) is 12.3. The molecular weight excluding hydrogens is 481 g/mol. The van der Waals surface area contributed by atoms with Crippen molar-refractivity contribution < 1.29 is 37.0 Å². The number of halogens is 3. The second-order valence-corrected chi connectivity index (χ2v) is 8.23. The summed E-state index contributed by atoms with van der Waals surface area (Å²) in [5.74, 6) is -1.06. The fourth-order valence-corrected chi connectivity index (χ4v) is 3.50. The number of aromatic nitrogens is 1. The van der Waals surface area contributed by atoms with Crippen LogP contribution in [0.5, 0.6) is 5.75 Å². The molecule has 0 aliphatic rings. The van der Waals surface area contributed by atoms with Crippen molar-refractivity contribution >= 4 is 17.4 Å². The number of Topliss-reactive ketones (excluding diaryl/α,β-unsaturated/α-hetero) is 1. The molecule has 0 unspecified atom stereocenters. The van der Waals surface area contributed by atoms with Gasteiger partial charge in [0.25, 0.3) is 0 Å². The highest BCUT2D eigenvalue weighted by Gasteiger charge is 2.27. The zero-order valence-corrected chi connectivity index (χ0v) is 20.5. The number of methoxy groups -OCH3 is 1. The number of unbranched alkanes of at least 4 members (excludes halogenated alkanes) is 1. The van der Waals surface area contributed by atoms with E-state index in [1.165, 1.54) is 26.3 Å². The van der Waals surface area contributed by atoms with Gasteiger partial charge in [-0.3, -0.25) is 10.1 Å². The van der Waals surface area contributed by atoms with E-state index < -0.39 is 41.4 Å². The number of aromatic hydroxyl groups is 1. The number of carbonyl (C=O) groups excluding carboxylic acids is 2. The lowest BCUT2D eigenvalue weighted by molar-refractivity contribution is -0.134. The maximum Gasteiger partial charge on any atom is 0.410 e. The van der Waals surface area contributed by atoms with Crippen LogP contribution in [0.3, 0.4) is 0 Å². The van der Waals surface area contributed by atoms with Crippen LogP contribution in [0.4, 0.5) is 18.0 Å². The van der Waals surface area contributed by atoms with Crippen molar-refractivity contribution in [3.8, 4) is 5.75 Å². The van der Waals surface area contributed by atoms with Gasteiger partial charge in [-0.25, -0.2) is 9.59 Å². The third-order valence-electron chi connectivity index (χ3n) is 5.55. The number of nitrogens with zero attached hydrogens (tertiary/aromatic N) is 1. The Bertz CT molecular complexity index is 1220. The number of alkyl halides is 3. The molecule has 0 aliphatic carbocycles. The summed E-state index contributed by atoms with van der Waals surface area (Å²) in [6.07, 6.45) is 0.0161. The third kappa shape index (κ3) is 7.89. The van der Waals surface area contributed by atoms with Crippen LogP contribution >= 0.6 is 0 Å². The summed E-state index contributed by atoms with van der Waals surface area (Å²) in [6, 6.07) is 2.78. The summed E-state index contributed by atoms with van der Waals surface area (Å²) in [5.41, 5.74) is 0.0977. The first kappa shape index (κ1) is 28.5. The van der Waals surface area contributed by atoms with Crippen molar-refractivity contribution in [1.82, 2.24) is 9.88 Å². The van der Waals surface area contributed by atoms with Gasteiger partial charge in [0.05, 0.1) is 7.11 Å². The molecule has 2 N–H and O–H groups in total. The van der Waals surface area contributed by atoms with Crippen molar-refractivity contribution in [3.63, 3.8) is 0 Å². The second-order valence-electron chi connectivity index (χ2n) is 8.23. The molecule has 0 saturated heterocycles. The Labute approximate surface area is 206 Å². The molecule has 0 atom stereocenters. The predicted octanol–water partition coefficient (Wildman–Crippen LogP) is 5.05. The van der Waals surface area contributed by atoms with E-state index in [1.807, 2.05) is 0 Å². The number of carbonyl (C=O) groups is 2. The summed E-state index contributed by atoms with van der Waals surface area (Å²) in [4.78, 5) is 36.5. The first-order chi connectivity index (χ1) is 16.8. The highest BCUT2D eigenvalue weighted by atomic mass is 19.4. The van der Waals surface area contributed by atoms with Gasteiger partial charge in [0.15, 0.2) is 5.78 Å². The van der Waals surface area contributed by atoms with Gasteiger partial charge >= 0.3 is 17.9 Å². The van der Waals surface area contributed by atoms with Gasteiger partial charge in [0.1, 0.15) is 17.1 Å². The first-order valence-corrected chi connectivity index (χ1v) is 11.1. The fraction of sp³-hybridized carbons (Fsp3) is 0.400. The summed E-state index contributed by atoms with van der Waals surface area (Å²) >= 11 is 0. The Morgan fingerprint density at radius 1 is 1.22 bits per heavy atom. The van der Waals surface area contributed by atoms with E-state index in [1.54, 1.807) is 36.9 Å². The monoisotopic (exact) mass is 510 g/mol. The Morgan fingerprint density at radius 2 is 1.92 bits per heavy atom. The van der Waals surface area contributed by atoms with E-state index in [2.05, 4.69) is 10.1 Å². The number of allylic oxidation sites excluding steroid dienone is 3. The van der Waals surface area contributed by atoms with Crippen molar-refractivity contribution in [1.29, 1.82) is 0 Å². The Hall–Kier alpha value is -3.76. The maximum atomic E-state index is 13.0. The number of amides is 1. The standard InChI is InChI=1S/C25H29F3N2O6/c1-15(19-12-17(14-30(19)3)9-10-25(26,27)28)16(2)22(32)21-20(31)13-18(36-23(21)33)8-6-5-7-11-29-24(34)35-4/h7,11-14,31H,5-6,8-10H2,1-4H3,(H,29,34)/b11-7+,16-15+. The number of nitrogens with one attached hydrogen (secondary N) is 1. The van der Waals surface area contributed by atoms with Gasteiger partial charge in [-0.15, -0.1) is 0 Å². The molecule has 2 aromatic heterocycles. The smallest absolute Gasteiger partial charge is 0.410 e. The highest BCUT2D eigenvalue weighted by Crippen LogP contribution is 2.27. The lowest BCUT2D eigenvalue weighted by atomic mass is 9.98. The average molecular weight is 511 g/mol. The van der Waals surface area contributed by atoms with E-state index in [-0.39, 0.29) is 17.8 Å². The van der Waals surface area contributed by atoms with Gasteiger partial charge < -0.3 is 18.8 Å². The molecule has 0 bridgehead atoms. The average Bonchev–Trinajstić information content (AvgIpc) is 3.18. The number of ether oxygens (including phenoxy) is 1. The molecule has 2 aromatic rings. The summed E-state index contributed by atoms with van der Waals surface area (Å²) in [7, 11) is 2.89. The molecule has 1 amide bonds. The number of aryl methyl sites for hydroxylation is 3. The Kier molecular flexibility index (Phi) is 9.71. The van der Waals surface area contributed by atoms with Crippen molar-refractivity contribution in [2.24, 2.45) is 7.05 Å². The summed E-state index contributed by atoms with van der Waals surface area (Å²) in [6.45, 7) is 3.09. The number of hydrogen-bond acceptors (Lipinski definition) is 6. The SMILES string of the molecule is COC(=O)N/C=C/CCCc1cc(O)c(C(=O)/C(C)=C(\C)c2cc(CCC(F)(F)F)cn2C)c(=O)o1. The normalized spacial score (nSPS) is 12.5. The molecule has 196 valence electrons. The number of rotatable bonds is 10. The number of ketones is 1. The molecule has 2 heterocycles. The van der Waals surface area contributed by atoms with Gasteiger partial charge in [0, 0.05) is 49.6 Å². The van der Waals surface area contributed by atoms with E-state index >= 15 is 0 Å². The molecule has 0 radical (unpaired) electrons. The van der Waals surface area contributed by atoms with Crippen LogP contribution in [0.15, 0.2) is 45.4 Å². The van der Waals surface area contributed by atoms with E-state index in [0.29, 0.717) is 36.1 Å². The van der Waals surface area contributed by atoms with Crippen LogP contribution in [0.1, 0.15) is 60.5 Å². The third-order valence-corrected chi connectivity index (χ3v) is 5.55. The number of hydrogen-bond donors (Lipinski definition) is 2. The fourth-order valence-electron chi connectivity index (χ4n) is 3.50. The molecule has 0 spiro atoms. The first-order valence-electron chi connectivity index (χ1n) is 11.1. The Morgan fingerprint density at radius 3 is 2.53 bits per heavy atom. The van der Waals surface area contributed by atoms with Crippen molar-refractivity contribution in [2.75, 3.05) is 7.11 Å². The van der Waals surface area contributed by atoms with Crippen LogP contribution in [0.2, 0.25) is 0 Å². The minimum Gasteiger partial charge on any atom is -0.507 e. The predicted molar refractivity (Wildman–Crippen MR) is 127 cm³/mol. The molecule has 8 nitrogen and oxygen atoms in total. The largest absolute Gasteiger partial charge is 0.507 e. The van der Waals surface area contributed by atoms with E-state index in [0.717, 1.165) is 0 Å². The molecule has 0 aromatic carbocycles. The van der Waals surface area contributed by atoms with Crippen molar-refractivity contribution in [3.05, 3.63) is 69.2 Å². The topological polar surface area (TPSA) is 111 Å².